The molecule has 0 saturated heterocycles. The quantitative estimate of drug-likeness (QED) is 0.828. The maximum atomic E-state index is 13.6. The standard InChI is InChI=1S/C13H15F2N3S/c1-2-16-8-4-7-11-17-18-13(19-11)9-5-3-6-10(14)12(9)15/h3,5-6,16H,2,4,7-8H2,1H3. The lowest BCUT2D eigenvalue weighted by atomic mass is 10.2. The molecule has 1 aromatic carbocycles. The number of nitrogens with zero attached hydrogens (tertiary/aromatic N) is 2. The number of hydrogen-bond donors (Lipinski definition) is 1. The van der Waals surface area contributed by atoms with Gasteiger partial charge < -0.3 is 5.32 Å². The fourth-order valence-electron chi connectivity index (χ4n) is 1.67. The van der Waals surface area contributed by atoms with Crippen molar-refractivity contribution in [1.82, 2.24) is 15.5 Å². The van der Waals surface area contributed by atoms with Crippen molar-refractivity contribution < 1.29 is 8.78 Å². The predicted octanol–water partition coefficient (Wildman–Crippen LogP) is 3.03. The van der Waals surface area contributed by atoms with Gasteiger partial charge in [-0.3, -0.25) is 0 Å². The highest BCUT2D eigenvalue weighted by atomic mass is 32.1. The van der Waals surface area contributed by atoms with Gasteiger partial charge in [0.25, 0.3) is 0 Å². The monoisotopic (exact) mass is 283 g/mol. The zero-order valence-electron chi connectivity index (χ0n) is 10.6. The summed E-state index contributed by atoms with van der Waals surface area (Å²) in [5, 5.41) is 12.4. The van der Waals surface area contributed by atoms with Gasteiger partial charge in [0.05, 0.1) is 5.56 Å². The van der Waals surface area contributed by atoms with Crippen molar-refractivity contribution in [3.8, 4) is 10.6 Å². The first-order valence-corrected chi connectivity index (χ1v) is 7.01. The smallest absolute Gasteiger partial charge is 0.169 e. The Balaban J connectivity index is 2.06. The van der Waals surface area contributed by atoms with E-state index in [0.717, 1.165) is 37.0 Å². The highest BCUT2D eigenvalue weighted by Crippen LogP contribution is 2.27. The second-order valence-corrected chi connectivity index (χ2v) is 5.12. The molecule has 0 spiro atoms. The second kappa shape index (κ2) is 6.68. The van der Waals surface area contributed by atoms with Crippen molar-refractivity contribution in [3.63, 3.8) is 0 Å². The number of aryl methyl sites for hydroxylation is 1. The average Bonchev–Trinajstić information content (AvgIpc) is 2.87. The summed E-state index contributed by atoms with van der Waals surface area (Å²) in [6.45, 7) is 3.91. The van der Waals surface area contributed by atoms with Crippen LogP contribution < -0.4 is 5.32 Å². The van der Waals surface area contributed by atoms with Gasteiger partial charge in [0.1, 0.15) is 5.01 Å². The Morgan fingerprint density at radius 3 is 2.89 bits per heavy atom. The summed E-state index contributed by atoms with van der Waals surface area (Å²) in [6, 6.07) is 4.08. The largest absolute Gasteiger partial charge is 0.317 e. The Morgan fingerprint density at radius 2 is 2.11 bits per heavy atom. The predicted molar refractivity (Wildman–Crippen MR) is 72.1 cm³/mol. The van der Waals surface area contributed by atoms with E-state index in [1.54, 1.807) is 0 Å². The first-order valence-electron chi connectivity index (χ1n) is 6.20. The summed E-state index contributed by atoms with van der Waals surface area (Å²) in [6.07, 6.45) is 1.75. The van der Waals surface area contributed by atoms with Crippen molar-refractivity contribution in [1.29, 1.82) is 0 Å². The van der Waals surface area contributed by atoms with Gasteiger partial charge in [-0.1, -0.05) is 24.3 Å². The molecule has 0 aliphatic heterocycles. The SMILES string of the molecule is CCNCCCc1nnc(-c2cccc(F)c2F)s1. The lowest BCUT2D eigenvalue weighted by Gasteiger charge is -1.99. The van der Waals surface area contributed by atoms with Crippen LogP contribution in [-0.2, 0) is 6.42 Å². The normalized spacial score (nSPS) is 10.9. The van der Waals surface area contributed by atoms with Crippen LogP contribution in [0, 0.1) is 11.6 Å². The van der Waals surface area contributed by atoms with Crippen LogP contribution in [0.4, 0.5) is 8.78 Å². The molecule has 0 aliphatic carbocycles. The fraction of sp³-hybridized carbons (Fsp3) is 0.385. The van der Waals surface area contributed by atoms with Crippen LogP contribution in [0.15, 0.2) is 18.2 Å². The van der Waals surface area contributed by atoms with E-state index < -0.39 is 11.6 Å². The molecule has 19 heavy (non-hydrogen) atoms. The zero-order valence-corrected chi connectivity index (χ0v) is 11.4. The van der Waals surface area contributed by atoms with Gasteiger partial charge >= 0.3 is 0 Å². The van der Waals surface area contributed by atoms with Crippen LogP contribution in [0.2, 0.25) is 0 Å². The van der Waals surface area contributed by atoms with E-state index in [1.807, 2.05) is 0 Å². The van der Waals surface area contributed by atoms with E-state index in [4.69, 9.17) is 0 Å². The van der Waals surface area contributed by atoms with Gasteiger partial charge in [-0.25, -0.2) is 8.78 Å². The van der Waals surface area contributed by atoms with E-state index in [1.165, 1.54) is 23.5 Å². The zero-order chi connectivity index (χ0) is 13.7. The molecule has 0 aliphatic rings. The first kappa shape index (κ1) is 14.0. The number of hydrogen-bond acceptors (Lipinski definition) is 4. The van der Waals surface area contributed by atoms with Gasteiger partial charge in [0.15, 0.2) is 16.6 Å². The van der Waals surface area contributed by atoms with Crippen LogP contribution in [0.25, 0.3) is 10.6 Å². The number of aromatic nitrogens is 2. The Hall–Kier alpha value is -1.40. The second-order valence-electron chi connectivity index (χ2n) is 4.06. The average molecular weight is 283 g/mol. The summed E-state index contributed by atoms with van der Waals surface area (Å²) >= 11 is 1.31. The van der Waals surface area contributed by atoms with Gasteiger partial charge in [0, 0.05) is 6.42 Å². The van der Waals surface area contributed by atoms with Crippen LogP contribution in [0.1, 0.15) is 18.4 Å². The van der Waals surface area contributed by atoms with Crippen LogP contribution in [0.3, 0.4) is 0 Å². The molecule has 3 nitrogen and oxygen atoms in total. The van der Waals surface area contributed by atoms with Crippen molar-refractivity contribution in [2.45, 2.75) is 19.8 Å². The third kappa shape index (κ3) is 3.54. The van der Waals surface area contributed by atoms with Crippen LogP contribution >= 0.6 is 11.3 Å². The molecule has 0 atom stereocenters. The van der Waals surface area contributed by atoms with Gasteiger partial charge in [-0.05, 0) is 31.6 Å². The molecule has 1 N–H and O–H groups in total. The molecule has 1 aromatic heterocycles. The molecule has 0 amide bonds. The fourth-order valence-corrected chi connectivity index (χ4v) is 2.57. The minimum Gasteiger partial charge on any atom is -0.317 e. The molecule has 0 radical (unpaired) electrons. The molecule has 0 unspecified atom stereocenters. The molecule has 2 aromatic rings. The number of rotatable bonds is 6. The lowest BCUT2D eigenvalue weighted by molar-refractivity contribution is 0.511. The Morgan fingerprint density at radius 1 is 1.26 bits per heavy atom. The van der Waals surface area contributed by atoms with E-state index in [2.05, 4.69) is 22.4 Å². The third-order valence-corrected chi connectivity index (χ3v) is 3.66. The summed E-state index contributed by atoms with van der Waals surface area (Å²) in [5.41, 5.74) is 0.176. The first-order chi connectivity index (χ1) is 9.22. The van der Waals surface area contributed by atoms with Gasteiger partial charge in [-0.15, -0.1) is 10.2 Å². The molecular weight excluding hydrogens is 268 g/mol. The van der Waals surface area contributed by atoms with Crippen LogP contribution in [0.5, 0.6) is 0 Å². The maximum absolute atomic E-state index is 13.6. The van der Waals surface area contributed by atoms with E-state index >= 15 is 0 Å². The topological polar surface area (TPSA) is 37.8 Å². The minimum atomic E-state index is -0.863. The van der Waals surface area contributed by atoms with Crippen molar-refractivity contribution >= 4 is 11.3 Å². The molecule has 2 rings (SSSR count). The molecule has 1 heterocycles. The summed E-state index contributed by atoms with van der Waals surface area (Å²) in [7, 11) is 0. The molecule has 0 saturated carbocycles. The lowest BCUT2D eigenvalue weighted by Crippen LogP contribution is -2.14. The molecule has 0 fully saturated rings. The summed E-state index contributed by atoms with van der Waals surface area (Å²) < 4.78 is 26.7. The van der Waals surface area contributed by atoms with Crippen molar-refractivity contribution in [2.75, 3.05) is 13.1 Å². The van der Waals surface area contributed by atoms with Crippen molar-refractivity contribution in [2.24, 2.45) is 0 Å². The Labute approximate surface area is 114 Å². The van der Waals surface area contributed by atoms with E-state index in [9.17, 15) is 8.78 Å². The number of halogens is 2. The van der Waals surface area contributed by atoms with Crippen LogP contribution in [-0.4, -0.2) is 23.3 Å². The maximum Gasteiger partial charge on any atom is 0.169 e. The van der Waals surface area contributed by atoms with E-state index in [-0.39, 0.29) is 5.56 Å². The molecule has 102 valence electrons. The molecule has 6 heteroatoms. The molecule has 0 bridgehead atoms. The Bertz CT molecular complexity index is 542. The number of benzene rings is 1. The highest BCUT2D eigenvalue weighted by Gasteiger charge is 2.13. The Kier molecular flexibility index (Phi) is 4.93. The van der Waals surface area contributed by atoms with Gasteiger partial charge in [-0.2, -0.15) is 0 Å². The van der Waals surface area contributed by atoms with Crippen molar-refractivity contribution in [3.05, 3.63) is 34.8 Å². The highest BCUT2D eigenvalue weighted by molar-refractivity contribution is 7.14. The van der Waals surface area contributed by atoms with Gasteiger partial charge in [0.2, 0.25) is 0 Å². The van der Waals surface area contributed by atoms with E-state index in [0.29, 0.717) is 5.01 Å². The number of nitrogens with one attached hydrogen (secondary N) is 1. The summed E-state index contributed by atoms with van der Waals surface area (Å²) in [4.78, 5) is 0. The minimum absolute atomic E-state index is 0.176. The molecular formula is C13H15F2N3S. The third-order valence-electron chi connectivity index (χ3n) is 2.64. The summed E-state index contributed by atoms with van der Waals surface area (Å²) in [5.74, 6) is -1.72.